The second kappa shape index (κ2) is 7.22. The monoisotopic (exact) mass is 398 g/mol. The molecule has 1 saturated heterocycles. The van der Waals surface area contributed by atoms with Crippen molar-refractivity contribution in [3.63, 3.8) is 0 Å². The quantitative estimate of drug-likeness (QED) is 0.511. The van der Waals surface area contributed by atoms with Crippen LogP contribution < -0.4 is 5.32 Å². The molecule has 5 rings (SSSR count). The molecule has 8 nitrogen and oxygen atoms in total. The van der Waals surface area contributed by atoms with Crippen LogP contribution in [0, 0.1) is 18.8 Å². The number of aliphatic hydroxyl groups is 1. The largest absolute Gasteiger partial charge is 0.373 e. The molecule has 0 radical (unpaired) electrons. The number of aryl methyl sites for hydroxylation is 1. The smallest absolute Gasteiger partial charge is 0.240 e. The van der Waals surface area contributed by atoms with Gasteiger partial charge in [-0.25, -0.2) is 15.0 Å². The maximum Gasteiger partial charge on any atom is 0.240 e. The minimum absolute atomic E-state index is 0.237. The van der Waals surface area contributed by atoms with Crippen molar-refractivity contribution in [2.75, 3.05) is 18.5 Å². The summed E-state index contributed by atoms with van der Waals surface area (Å²) in [6, 6.07) is 15.4. The molecule has 2 aromatic carbocycles. The average Bonchev–Trinajstić information content (AvgIpc) is 3.07. The first-order chi connectivity index (χ1) is 14.6. The van der Waals surface area contributed by atoms with Crippen LogP contribution in [0.1, 0.15) is 11.4 Å². The molecule has 0 unspecified atom stereocenters. The lowest BCUT2D eigenvalue weighted by molar-refractivity contribution is -0.140. The van der Waals surface area contributed by atoms with E-state index < -0.39 is 5.60 Å². The minimum atomic E-state index is -1.06. The molecule has 0 aliphatic carbocycles. The first kappa shape index (κ1) is 18.2. The lowest BCUT2D eigenvalue weighted by atomic mass is 10.0. The van der Waals surface area contributed by atoms with Crippen LogP contribution in [0.3, 0.4) is 0 Å². The van der Waals surface area contributed by atoms with E-state index in [1.54, 1.807) is 0 Å². The number of nitrogens with zero attached hydrogens (tertiary/aromatic N) is 5. The predicted octanol–water partition coefficient (Wildman–Crippen LogP) is 2.38. The van der Waals surface area contributed by atoms with Crippen molar-refractivity contribution in [2.45, 2.75) is 12.5 Å². The highest BCUT2D eigenvalue weighted by Crippen LogP contribution is 2.22. The van der Waals surface area contributed by atoms with Gasteiger partial charge in [-0.15, -0.1) is 0 Å². The summed E-state index contributed by atoms with van der Waals surface area (Å²) in [6.45, 7) is 2.37. The number of nitrogens with one attached hydrogen (secondary N) is 1. The molecule has 1 aliphatic rings. The number of imidazole rings is 1. The molecule has 1 aliphatic heterocycles. The van der Waals surface area contributed by atoms with Gasteiger partial charge < -0.3 is 15.2 Å². The van der Waals surface area contributed by atoms with Crippen LogP contribution in [0.25, 0.3) is 17.0 Å². The van der Waals surface area contributed by atoms with Crippen molar-refractivity contribution in [3.8, 4) is 17.8 Å². The number of para-hydroxylation sites is 1. The highest BCUT2D eigenvalue weighted by atomic mass is 16.5. The number of fused-ring (bicyclic) bond motifs is 1. The molecule has 148 valence electrons. The van der Waals surface area contributed by atoms with Crippen LogP contribution in [-0.2, 0) is 4.74 Å². The lowest BCUT2D eigenvalue weighted by Crippen LogP contribution is -2.48. The van der Waals surface area contributed by atoms with Gasteiger partial charge in [0.1, 0.15) is 12.2 Å². The zero-order valence-corrected chi connectivity index (χ0v) is 16.2. The molecule has 0 atom stereocenters. The van der Waals surface area contributed by atoms with Crippen molar-refractivity contribution >= 4 is 22.7 Å². The Bertz CT molecular complexity index is 1290. The first-order valence-corrected chi connectivity index (χ1v) is 9.44. The SMILES string of the molecule is Cc1nc2ccc(C#CC3(O)COC3)cc2n1-c1ncnc(Nc2ccccc2)n1. The molecule has 1 fully saturated rings. The molecule has 0 bridgehead atoms. The van der Waals surface area contributed by atoms with Gasteiger partial charge in [0, 0.05) is 11.3 Å². The van der Waals surface area contributed by atoms with Gasteiger partial charge in [-0.2, -0.15) is 4.98 Å². The molecule has 30 heavy (non-hydrogen) atoms. The summed E-state index contributed by atoms with van der Waals surface area (Å²) >= 11 is 0. The molecule has 2 N–H and O–H groups in total. The van der Waals surface area contributed by atoms with Gasteiger partial charge >= 0.3 is 0 Å². The van der Waals surface area contributed by atoms with Crippen LogP contribution in [0.5, 0.6) is 0 Å². The van der Waals surface area contributed by atoms with E-state index in [0.29, 0.717) is 11.9 Å². The summed E-state index contributed by atoms with van der Waals surface area (Å²) in [6.07, 6.45) is 1.47. The highest BCUT2D eigenvalue weighted by Gasteiger charge is 2.33. The van der Waals surface area contributed by atoms with Gasteiger partial charge in [0.25, 0.3) is 0 Å². The number of anilines is 2. The van der Waals surface area contributed by atoms with Crippen LogP contribution in [0.15, 0.2) is 54.9 Å². The Kier molecular flexibility index (Phi) is 4.39. The fourth-order valence-electron chi connectivity index (χ4n) is 3.19. The first-order valence-electron chi connectivity index (χ1n) is 9.44. The second-order valence-electron chi connectivity index (χ2n) is 7.07. The topological polar surface area (TPSA) is 98.0 Å². The van der Waals surface area contributed by atoms with Crippen molar-refractivity contribution in [1.82, 2.24) is 24.5 Å². The molecule has 4 aromatic rings. The van der Waals surface area contributed by atoms with E-state index in [0.717, 1.165) is 28.1 Å². The van der Waals surface area contributed by atoms with E-state index in [1.807, 2.05) is 60.0 Å². The normalized spacial score (nSPS) is 14.6. The Morgan fingerprint density at radius 1 is 1.10 bits per heavy atom. The number of hydrogen-bond acceptors (Lipinski definition) is 7. The molecule has 2 aromatic heterocycles. The van der Waals surface area contributed by atoms with Crippen LogP contribution in [0.2, 0.25) is 0 Å². The summed E-state index contributed by atoms with van der Waals surface area (Å²) in [5.74, 6) is 7.55. The Morgan fingerprint density at radius 3 is 2.70 bits per heavy atom. The maximum atomic E-state index is 10.1. The molecule has 0 spiro atoms. The summed E-state index contributed by atoms with van der Waals surface area (Å²) in [7, 11) is 0. The third kappa shape index (κ3) is 3.48. The maximum absolute atomic E-state index is 10.1. The van der Waals surface area contributed by atoms with Gasteiger partial charge in [0.15, 0.2) is 5.60 Å². The summed E-state index contributed by atoms with van der Waals surface area (Å²) in [4.78, 5) is 17.7. The number of benzene rings is 2. The molecule has 3 heterocycles. The van der Waals surface area contributed by atoms with Crippen molar-refractivity contribution in [2.24, 2.45) is 0 Å². The number of rotatable bonds is 3. The van der Waals surface area contributed by atoms with Gasteiger partial charge in [0.05, 0.1) is 24.2 Å². The molecule has 0 saturated carbocycles. The minimum Gasteiger partial charge on any atom is -0.373 e. The summed E-state index contributed by atoms with van der Waals surface area (Å²) < 4.78 is 6.90. The zero-order valence-electron chi connectivity index (χ0n) is 16.2. The number of hydrogen-bond donors (Lipinski definition) is 2. The lowest BCUT2D eigenvalue weighted by Gasteiger charge is -2.30. The van der Waals surface area contributed by atoms with E-state index in [2.05, 4.69) is 37.1 Å². The van der Waals surface area contributed by atoms with Crippen molar-refractivity contribution in [3.05, 3.63) is 66.2 Å². The van der Waals surface area contributed by atoms with Gasteiger partial charge in [0.2, 0.25) is 11.9 Å². The predicted molar refractivity (Wildman–Crippen MR) is 112 cm³/mol. The third-order valence-corrected chi connectivity index (χ3v) is 4.73. The van der Waals surface area contributed by atoms with E-state index in [4.69, 9.17) is 4.74 Å². The van der Waals surface area contributed by atoms with Crippen molar-refractivity contribution in [1.29, 1.82) is 0 Å². The Morgan fingerprint density at radius 2 is 1.93 bits per heavy atom. The number of aromatic nitrogens is 5. The fourth-order valence-corrected chi connectivity index (χ4v) is 3.19. The summed E-state index contributed by atoms with van der Waals surface area (Å²) in [5, 5.41) is 13.3. The van der Waals surface area contributed by atoms with Crippen LogP contribution in [-0.4, -0.2) is 48.4 Å². The van der Waals surface area contributed by atoms with Gasteiger partial charge in [-0.05, 0) is 37.3 Å². The van der Waals surface area contributed by atoms with E-state index >= 15 is 0 Å². The highest BCUT2D eigenvalue weighted by molar-refractivity contribution is 5.79. The third-order valence-electron chi connectivity index (χ3n) is 4.73. The van der Waals surface area contributed by atoms with Gasteiger partial charge in [-0.1, -0.05) is 30.0 Å². The zero-order chi connectivity index (χ0) is 20.6. The molecule has 0 amide bonds. The van der Waals surface area contributed by atoms with E-state index in [9.17, 15) is 5.11 Å². The fraction of sp³-hybridized carbons (Fsp3) is 0.182. The molecular formula is C22H18N6O2. The average molecular weight is 398 g/mol. The molecular weight excluding hydrogens is 380 g/mol. The van der Waals surface area contributed by atoms with Gasteiger partial charge in [-0.3, -0.25) is 4.57 Å². The molecule has 8 heteroatoms. The van der Waals surface area contributed by atoms with Crippen LogP contribution >= 0.6 is 0 Å². The summed E-state index contributed by atoms with van der Waals surface area (Å²) in [5.41, 5.74) is 2.23. The Hall–Kier alpha value is -3.80. The van der Waals surface area contributed by atoms with Crippen molar-refractivity contribution < 1.29 is 9.84 Å². The van der Waals surface area contributed by atoms with Crippen LogP contribution in [0.4, 0.5) is 11.6 Å². The second-order valence-corrected chi connectivity index (χ2v) is 7.07. The number of ether oxygens (including phenoxy) is 1. The van der Waals surface area contributed by atoms with E-state index in [1.165, 1.54) is 6.33 Å². The Labute approximate surface area is 172 Å². The Balaban J connectivity index is 1.53. The standard InChI is InChI=1S/C22H18N6O2/c1-15-25-18-8-7-16(9-10-22(29)12-30-13-22)11-19(18)28(15)21-24-14-23-20(27-21)26-17-5-3-2-4-6-17/h2-8,11,14,29H,12-13H2,1H3,(H,23,24,26,27). The van der Waals surface area contributed by atoms with E-state index in [-0.39, 0.29) is 13.2 Å².